The Hall–Kier alpha value is -0.420. The van der Waals surface area contributed by atoms with Crippen molar-refractivity contribution in [2.75, 3.05) is 33.7 Å². The third kappa shape index (κ3) is 5.61. The highest BCUT2D eigenvalue weighted by atomic mass is 32.1. The molecule has 2 unspecified atom stereocenters. The Kier molecular flexibility index (Phi) is 7.00. The third-order valence-electron chi connectivity index (χ3n) is 3.21. The van der Waals surface area contributed by atoms with Crippen LogP contribution in [0.15, 0.2) is 16.8 Å². The van der Waals surface area contributed by atoms with Gasteiger partial charge in [0.25, 0.3) is 0 Å². The fraction of sp³-hybridized carbons (Fsp3) is 0.733. The lowest BCUT2D eigenvalue weighted by atomic mass is 10.0. The van der Waals surface area contributed by atoms with E-state index in [4.69, 9.17) is 5.73 Å². The Morgan fingerprint density at radius 2 is 1.89 bits per heavy atom. The second-order valence-corrected chi connectivity index (χ2v) is 6.83. The molecule has 4 heteroatoms. The quantitative estimate of drug-likeness (QED) is 0.796. The van der Waals surface area contributed by atoms with Gasteiger partial charge in [-0.15, -0.1) is 0 Å². The van der Waals surface area contributed by atoms with Gasteiger partial charge in [-0.1, -0.05) is 13.8 Å². The van der Waals surface area contributed by atoms with Gasteiger partial charge in [-0.05, 0) is 49.3 Å². The van der Waals surface area contributed by atoms with Crippen LogP contribution in [-0.2, 0) is 0 Å². The number of likely N-dealkylation sites (N-methyl/N-ethyl adjacent to an activating group) is 1. The predicted molar refractivity (Wildman–Crippen MR) is 85.7 cm³/mol. The van der Waals surface area contributed by atoms with Crippen molar-refractivity contribution >= 4 is 11.3 Å². The van der Waals surface area contributed by atoms with Gasteiger partial charge in [-0.25, -0.2) is 0 Å². The van der Waals surface area contributed by atoms with E-state index < -0.39 is 0 Å². The fourth-order valence-corrected chi connectivity index (χ4v) is 3.12. The molecule has 0 saturated carbocycles. The molecule has 0 aliphatic rings. The van der Waals surface area contributed by atoms with E-state index in [1.807, 2.05) is 0 Å². The molecule has 1 aromatic rings. The first-order valence-electron chi connectivity index (χ1n) is 7.08. The van der Waals surface area contributed by atoms with Gasteiger partial charge >= 0.3 is 0 Å². The normalized spacial score (nSPS) is 15.4. The molecule has 2 N–H and O–H groups in total. The Balaban J connectivity index is 2.84. The second kappa shape index (κ2) is 8.00. The maximum atomic E-state index is 6.26. The van der Waals surface area contributed by atoms with Crippen LogP contribution in [-0.4, -0.2) is 49.6 Å². The molecule has 3 nitrogen and oxygen atoms in total. The average Bonchev–Trinajstić information content (AvgIpc) is 2.78. The molecule has 0 aliphatic carbocycles. The van der Waals surface area contributed by atoms with Gasteiger partial charge in [0.1, 0.15) is 0 Å². The zero-order chi connectivity index (χ0) is 14.4. The molecule has 110 valence electrons. The van der Waals surface area contributed by atoms with E-state index in [-0.39, 0.29) is 6.04 Å². The molecular weight excluding hydrogens is 254 g/mol. The molecule has 1 heterocycles. The zero-order valence-corrected chi connectivity index (χ0v) is 13.8. The summed E-state index contributed by atoms with van der Waals surface area (Å²) in [4.78, 5) is 4.77. The van der Waals surface area contributed by atoms with Crippen molar-refractivity contribution in [1.29, 1.82) is 0 Å². The molecule has 0 amide bonds. The van der Waals surface area contributed by atoms with Gasteiger partial charge in [0, 0.05) is 25.7 Å². The van der Waals surface area contributed by atoms with Crippen molar-refractivity contribution in [3.8, 4) is 0 Å². The number of hydrogen-bond donors (Lipinski definition) is 1. The van der Waals surface area contributed by atoms with E-state index in [2.05, 4.69) is 61.5 Å². The predicted octanol–water partition coefficient (Wildman–Crippen LogP) is 2.66. The molecule has 1 rings (SSSR count). The van der Waals surface area contributed by atoms with Crippen LogP contribution in [0.2, 0.25) is 0 Å². The molecule has 0 saturated heterocycles. The molecule has 0 radical (unpaired) electrons. The van der Waals surface area contributed by atoms with E-state index in [0.717, 1.165) is 19.6 Å². The fourth-order valence-electron chi connectivity index (χ4n) is 2.43. The maximum absolute atomic E-state index is 6.26. The minimum absolute atomic E-state index is 0.149. The third-order valence-corrected chi connectivity index (χ3v) is 3.91. The van der Waals surface area contributed by atoms with Crippen LogP contribution < -0.4 is 5.73 Å². The number of nitrogens with zero attached hydrogens (tertiary/aromatic N) is 2. The second-order valence-electron chi connectivity index (χ2n) is 6.05. The number of hydrogen-bond acceptors (Lipinski definition) is 4. The van der Waals surface area contributed by atoms with Crippen molar-refractivity contribution in [3.05, 3.63) is 22.4 Å². The Bertz CT molecular complexity index is 333. The van der Waals surface area contributed by atoms with Crippen molar-refractivity contribution in [1.82, 2.24) is 9.80 Å². The van der Waals surface area contributed by atoms with Crippen LogP contribution in [0.1, 0.15) is 32.4 Å². The zero-order valence-electron chi connectivity index (χ0n) is 13.0. The Morgan fingerprint density at radius 1 is 1.21 bits per heavy atom. The standard InChI is InChI=1S/C15H29N3S/c1-12(2)10-18(8-7-17(4)5)15(13(3)16)14-6-9-19-11-14/h6,9,11-13,15H,7-8,10,16H2,1-5H3. The molecule has 1 aromatic heterocycles. The lowest BCUT2D eigenvalue weighted by molar-refractivity contribution is 0.144. The van der Waals surface area contributed by atoms with Gasteiger partial charge in [-0.2, -0.15) is 11.3 Å². The van der Waals surface area contributed by atoms with Crippen LogP contribution in [0, 0.1) is 5.92 Å². The Morgan fingerprint density at radius 3 is 2.32 bits per heavy atom. The molecule has 19 heavy (non-hydrogen) atoms. The molecule has 2 atom stereocenters. The van der Waals surface area contributed by atoms with Crippen molar-refractivity contribution in [2.24, 2.45) is 11.7 Å². The molecule has 0 aliphatic heterocycles. The highest BCUT2D eigenvalue weighted by Crippen LogP contribution is 2.26. The van der Waals surface area contributed by atoms with Crippen molar-refractivity contribution in [2.45, 2.75) is 32.9 Å². The minimum atomic E-state index is 0.149. The SMILES string of the molecule is CC(C)CN(CCN(C)C)C(c1ccsc1)C(C)N. The van der Waals surface area contributed by atoms with Crippen LogP contribution in [0.4, 0.5) is 0 Å². The Labute approximate surface area is 122 Å². The first-order chi connectivity index (χ1) is 8.91. The molecular formula is C15H29N3S. The first kappa shape index (κ1) is 16.6. The lowest BCUT2D eigenvalue weighted by Crippen LogP contribution is -2.43. The summed E-state index contributed by atoms with van der Waals surface area (Å²) < 4.78 is 0. The molecule has 0 aromatic carbocycles. The van der Waals surface area contributed by atoms with Gasteiger partial charge in [0.2, 0.25) is 0 Å². The molecule has 0 fully saturated rings. The summed E-state index contributed by atoms with van der Waals surface area (Å²) in [6.07, 6.45) is 0. The summed E-state index contributed by atoms with van der Waals surface area (Å²) in [5.41, 5.74) is 7.62. The van der Waals surface area contributed by atoms with E-state index in [1.54, 1.807) is 11.3 Å². The summed E-state index contributed by atoms with van der Waals surface area (Å²) in [6, 6.07) is 2.69. The topological polar surface area (TPSA) is 32.5 Å². The van der Waals surface area contributed by atoms with Crippen molar-refractivity contribution < 1.29 is 0 Å². The summed E-state index contributed by atoms with van der Waals surface area (Å²) in [5, 5.41) is 4.38. The van der Waals surface area contributed by atoms with Gasteiger partial charge in [-0.3, -0.25) is 4.90 Å². The van der Waals surface area contributed by atoms with Crippen LogP contribution in [0.5, 0.6) is 0 Å². The van der Waals surface area contributed by atoms with Crippen molar-refractivity contribution in [3.63, 3.8) is 0 Å². The number of nitrogens with two attached hydrogens (primary N) is 1. The van der Waals surface area contributed by atoms with E-state index in [9.17, 15) is 0 Å². The van der Waals surface area contributed by atoms with E-state index in [1.165, 1.54) is 5.56 Å². The monoisotopic (exact) mass is 283 g/mol. The van der Waals surface area contributed by atoms with Gasteiger partial charge in [0.05, 0.1) is 6.04 Å². The summed E-state index contributed by atoms with van der Waals surface area (Å²) in [5.74, 6) is 0.655. The molecule has 0 bridgehead atoms. The number of rotatable bonds is 8. The smallest absolute Gasteiger partial charge is 0.0505 e. The van der Waals surface area contributed by atoms with Crippen LogP contribution >= 0.6 is 11.3 Å². The van der Waals surface area contributed by atoms with Crippen LogP contribution in [0.3, 0.4) is 0 Å². The largest absolute Gasteiger partial charge is 0.326 e. The van der Waals surface area contributed by atoms with Gasteiger partial charge in [0.15, 0.2) is 0 Å². The lowest BCUT2D eigenvalue weighted by Gasteiger charge is -2.36. The first-order valence-corrected chi connectivity index (χ1v) is 8.02. The van der Waals surface area contributed by atoms with E-state index >= 15 is 0 Å². The molecule has 0 spiro atoms. The summed E-state index contributed by atoms with van der Waals surface area (Å²) in [7, 11) is 4.25. The van der Waals surface area contributed by atoms with E-state index in [0.29, 0.717) is 12.0 Å². The highest BCUT2D eigenvalue weighted by molar-refractivity contribution is 7.07. The summed E-state index contributed by atoms with van der Waals surface area (Å²) in [6.45, 7) is 9.89. The van der Waals surface area contributed by atoms with Crippen LogP contribution in [0.25, 0.3) is 0 Å². The number of thiophene rings is 1. The van der Waals surface area contributed by atoms with Gasteiger partial charge < -0.3 is 10.6 Å². The summed E-state index contributed by atoms with van der Waals surface area (Å²) >= 11 is 1.75. The maximum Gasteiger partial charge on any atom is 0.0505 e. The minimum Gasteiger partial charge on any atom is -0.326 e. The highest BCUT2D eigenvalue weighted by Gasteiger charge is 2.24. The average molecular weight is 283 g/mol.